The number of fused-ring (bicyclic) bond motifs is 1. The molecule has 0 radical (unpaired) electrons. The minimum absolute atomic E-state index is 0.0375. The van der Waals surface area contributed by atoms with Crippen LogP contribution >= 0.6 is 0 Å². The third-order valence-corrected chi connectivity index (χ3v) is 7.18. The molecule has 1 saturated heterocycles. The molecule has 1 aromatic rings. The standard InChI is InChI=1S/C19H27N3O4S/c1-2-12-22(15-8-10-20-11-9-15)27(25,26)14-5-13-21-18(23)16-6-3-4-7-17(16)19(21)24/h3-4,6-7,15,20H,2,5,8-14H2,1H3. The highest BCUT2D eigenvalue weighted by molar-refractivity contribution is 7.89. The van der Waals surface area contributed by atoms with Gasteiger partial charge in [-0.2, -0.15) is 4.31 Å². The first-order valence-electron chi connectivity index (χ1n) is 9.61. The molecule has 1 N–H and O–H groups in total. The normalized spacial score (nSPS) is 18.4. The molecule has 1 fully saturated rings. The van der Waals surface area contributed by atoms with Crippen LogP contribution < -0.4 is 5.32 Å². The molecule has 0 aromatic heterocycles. The molecule has 2 aliphatic heterocycles. The van der Waals surface area contributed by atoms with E-state index in [1.54, 1.807) is 28.6 Å². The molecule has 0 spiro atoms. The quantitative estimate of drug-likeness (QED) is 0.676. The Bertz CT molecular complexity index is 768. The Morgan fingerprint density at radius 3 is 2.26 bits per heavy atom. The van der Waals surface area contributed by atoms with Crippen molar-refractivity contribution in [1.29, 1.82) is 0 Å². The Kier molecular flexibility index (Phi) is 6.29. The first-order valence-corrected chi connectivity index (χ1v) is 11.2. The molecule has 27 heavy (non-hydrogen) atoms. The lowest BCUT2D eigenvalue weighted by atomic mass is 10.1. The van der Waals surface area contributed by atoms with Gasteiger partial charge in [-0.05, 0) is 50.9 Å². The monoisotopic (exact) mass is 393 g/mol. The van der Waals surface area contributed by atoms with E-state index in [2.05, 4.69) is 5.32 Å². The molecule has 8 heteroatoms. The van der Waals surface area contributed by atoms with Gasteiger partial charge in [-0.25, -0.2) is 8.42 Å². The maximum absolute atomic E-state index is 12.9. The van der Waals surface area contributed by atoms with E-state index in [1.807, 2.05) is 6.92 Å². The van der Waals surface area contributed by atoms with E-state index in [9.17, 15) is 18.0 Å². The number of nitrogens with zero attached hydrogens (tertiary/aromatic N) is 2. The smallest absolute Gasteiger partial charge is 0.261 e. The second kappa shape index (κ2) is 8.50. The molecule has 0 unspecified atom stereocenters. The van der Waals surface area contributed by atoms with Crippen LogP contribution in [0.25, 0.3) is 0 Å². The number of piperidine rings is 1. The molecule has 1 aromatic carbocycles. The predicted octanol–water partition coefficient (Wildman–Crippen LogP) is 1.47. The molecule has 3 rings (SSSR count). The second-order valence-electron chi connectivity index (χ2n) is 7.07. The Hall–Kier alpha value is -1.77. The summed E-state index contributed by atoms with van der Waals surface area (Å²) in [6.07, 6.45) is 2.65. The molecule has 2 amide bonds. The lowest BCUT2D eigenvalue weighted by Crippen LogP contribution is -2.47. The zero-order valence-electron chi connectivity index (χ0n) is 15.7. The van der Waals surface area contributed by atoms with E-state index in [-0.39, 0.29) is 36.6 Å². The highest BCUT2D eigenvalue weighted by atomic mass is 32.2. The van der Waals surface area contributed by atoms with Crippen molar-refractivity contribution in [2.75, 3.05) is 31.9 Å². The summed E-state index contributed by atoms with van der Waals surface area (Å²) in [5.74, 6) is -0.724. The van der Waals surface area contributed by atoms with Gasteiger partial charge in [-0.3, -0.25) is 14.5 Å². The molecular weight excluding hydrogens is 366 g/mol. The lowest BCUT2D eigenvalue weighted by molar-refractivity contribution is 0.0654. The van der Waals surface area contributed by atoms with Crippen LogP contribution in [0.3, 0.4) is 0 Å². The number of rotatable bonds is 8. The van der Waals surface area contributed by atoms with Crippen LogP contribution in [-0.4, -0.2) is 67.4 Å². The number of carbonyl (C=O) groups is 2. The number of benzene rings is 1. The Balaban J connectivity index is 1.62. The molecule has 7 nitrogen and oxygen atoms in total. The van der Waals surface area contributed by atoms with Crippen LogP contribution in [0.1, 0.15) is 53.3 Å². The molecule has 0 aliphatic carbocycles. The van der Waals surface area contributed by atoms with E-state index in [0.717, 1.165) is 37.3 Å². The second-order valence-corrected chi connectivity index (χ2v) is 9.11. The fourth-order valence-electron chi connectivity index (χ4n) is 3.83. The first-order chi connectivity index (χ1) is 13.0. The summed E-state index contributed by atoms with van der Waals surface area (Å²) >= 11 is 0. The van der Waals surface area contributed by atoms with Crippen LogP contribution in [0, 0.1) is 0 Å². The van der Waals surface area contributed by atoms with E-state index in [0.29, 0.717) is 17.7 Å². The summed E-state index contributed by atoms with van der Waals surface area (Å²) in [5, 5.41) is 3.26. The molecule has 0 atom stereocenters. The molecular formula is C19H27N3O4S. The van der Waals surface area contributed by atoms with Gasteiger partial charge in [0.1, 0.15) is 0 Å². The maximum Gasteiger partial charge on any atom is 0.261 e. The van der Waals surface area contributed by atoms with Crippen LogP contribution in [0.15, 0.2) is 24.3 Å². The molecule has 2 aliphatic rings. The van der Waals surface area contributed by atoms with Gasteiger partial charge in [0, 0.05) is 19.1 Å². The van der Waals surface area contributed by atoms with E-state index in [1.165, 1.54) is 0 Å². The number of hydrogen-bond acceptors (Lipinski definition) is 5. The topological polar surface area (TPSA) is 86.8 Å². The lowest BCUT2D eigenvalue weighted by Gasteiger charge is -2.33. The third kappa shape index (κ3) is 4.23. The number of hydrogen-bond donors (Lipinski definition) is 1. The number of sulfonamides is 1. The highest BCUT2D eigenvalue weighted by Gasteiger charge is 2.35. The highest BCUT2D eigenvalue weighted by Crippen LogP contribution is 2.23. The minimum atomic E-state index is -3.42. The van der Waals surface area contributed by atoms with Gasteiger partial charge >= 0.3 is 0 Å². The van der Waals surface area contributed by atoms with Gasteiger partial charge in [-0.15, -0.1) is 0 Å². The van der Waals surface area contributed by atoms with Gasteiger partial charge in [0.2, 0.25) is 10.0 Å². The predicted molar refractivity (Wildman–Crippen MR) is 103 cm³/mol. The van der Waals surface area contributed by atoms with Crippen molar-refractivity contribution in [1.82, 2.24) is 14.5 Å². The number of carbonyl (C=O) groups excluding carboxylic acids is 2. The van der Waals surface area contributed by atoms with Gasteiger partial charge in [0.05, 0.1) is 16.9 Å². The fourth-order valence-corrected chi connectivity index (χ4v) is 5.68. The SMILES string of the molecule is CCCN(C1CCNCC1)S(=O)(=O)CCCN1C(=O)c2ccccc2C1=O. The maximum atomic E-state index is 12.9. The Morgan fingerprint density at radius 1 is 1.11 bits per heavy atom. The summed E-state index contributed by atoms with van der Waals surface area (Å²) in [6.45, 7) is 4.27. The zero-order valence-corrected chi connectivity index (χ0v) is 16.5. The fraction of sp³-hybridized carbons (Fsp3) is 0.579. The van der Waals surface area contributed by atoms with Gasteiger partial charge < -0.3 is 5.32 Å². The van der Waals surface area contributed by atoms with Crippen molar-refractivity contribution in [2.24, 2.45) is 0 Å². The number of imide groups is 1. The van der Waals surface area contributed by atoms with E-state index in [4.69, 9.17) is 0 Å². The van der Waals surface area contributed by atoms with Gasteiger partial charge in [-0.1, -0.05) is 19.1 Å². The molecule has 0 saturated carbocycles. The van der Waals surface area contributed by atoms with Crippen LogP contribution in [-0.2, 0) is 10.0 Å². The van der Waals surface area contributed by atoms with E-state index < -0.39 is 10.0 Å². The van der Waals surface area contributed by atoms with E-state index >= 15 is 0 Å². The Morgan fingerprint density at radius 2 is 1.70 bits per heavy atom. The molecule has 148 valence electrons. The molecule has 2 heterocycles. The van der Waals surface area contributed by atoms with Crippen LogP contribution in [0.2, 0.25) is 0 Å². The third-order valence-electron chi connectivity index (χ3n) is 5.18. The Labute approximate surface area is 160 Å². The number of amides is 2. The van der Waals surface area contributed by atoms with Crippen molar-refractivity contribution in [3.05, 3.63) is 35.4 Å². The average Bonchev–Trinajstić information content (AvgIpc) is 2.92. The number of nitrogens with one attached hydrogen (secondary N) is 1. The van der Waals surface area contributed by atoms with Crippen molar-refractivity contribution in [3.63, 3.8) is 0 Å². The first kappa shape index (κ1) is 20.0. The minimum Gasteiger partial charge on any atom is -0.317 e. The van der Waals surface area contributed by atoms with Crippen molar-refractivity contribution in [2.45, 2.75) is 38.6 Å². The largest absolute Gasteiger partial charge is 0.317 e. The molecule has 0 bridgehead atoms. The van der Waals surface area contributed by atoms with Crippen LogP contribution in [0.4, 0.5) is 0 Å². The van der Waals surface area contributed by atoms with Crippen molar-refractivity contribution in [3.8, 4) is 0 Å². The summed E-state index contributed by atoms with van der Waals surface area (Å²) in [5.41, 5.74) is 0.792. The average molecular weight is 394 g/mol. The summed E-state index contributed by atoms with van der Waals surface area (Å²) in [7, 11) is -3.42. The van der Waals surface area contributed by atoms with Crippen LogP contribution in [0.5, 0.6) is 0 Å². The summed E-state index contributed by atoms with van der Waals surface area (Å²) < 4.78 is 27.4. The van der Waals surface area contributed by atoms with Crippen molar-refractivity contribution >= 4 is 21.8 Å². The summed E-state index contributed by atoms with van der Waals surface area (Å²) in [6, 6.07) is 6.74. The van der Waals surface area contributed by atoms with Crippen molar-refractivity contribution < 1.29 is 18.0 Å². The zero-order chi connectivity index (χ0) is 19.4. The summed E-state index contributed by atoms with van der Waals surface area (Å²) in [4.78, 5) is 25.9. The van der Waals surface area contributed by atoms with Gasteiger partial charge in [0.15, 0.2) is 0 Å². The van der Waals surface area contributed by atoms with Gasteiger partial charge in [0.25, 0.3) is 11.8 Å².